The second kappa shape index (κ2) is 5.87. The Morgan fingerprint density at radius 2 is 1.63 bits per heavy atom. The zero-order valence-electron chi connectivity index (χ0n) is 10.5. The SMILES string of the molecule is CN(C)c1ccc(S(=O)(=O)CCOS(=O)(=O)O)cc1. The normalized spacial score (nSPS) is 12.4. The molecule has 108 valence electrons. The van der Waals surface area contributed by atoms with Crippen LogP contribution in [-0.2, 0) is 24.4 Å². The van der Waals surface area contributed by atoms with Gasteiger partial charge >= 0.3 is 10.4 Å². The molecule has 0 amide bonds. The van der Waals surface area contributed by atoms with Gasteiger partial charge in [0.05, 0.1) is 17.3 Å². The van der Waals surface area contributed by atoms with Crippen LogP contribution in [0.4, 0.5) is 5.69 Å². The highest BCUT2D eigenvalue weighted by atomic mass is 32.3. The molecule has 0 atom stereocenters. The standard InChI is InChI=1S/C10H15NO6S2/c1-11(2)9-3-5-10(6-4-9)18(12,13)8-7-17-19(14,15)16/h3-6H,7-8H2,1-2H3,(H,14,15,16). The van der Waals surface area contributed by atoms with Gasteiger partial charge in [0, 0.05) is 19.8 Å². The summed E-state index contributed by atoms with van der Waals surface area (Å²) < 4.78 is 56.6. The van der Waals surface area contributed by atoms with Crippen molar-refractivity contribution in [1.29, 1.82) is 0 Å². The number of sulfone groups is 1. The number of hydrogen-bond acceptors (Lipinski definition) is 6. The third-order valence-electron chi connectivity index (χ3n) is 2.30. The van der Waals surface area contributed by atoms with Gasteiger partial charge in [-0.2, -0.15) is 8.42 Å². The lowest BCUT2D eigenvalue weighted by molar-refractivity contribution is 0.284. The molecule has 1 aromatic rings. The van der Waals surface area contributed by atoms with E-state index in [1.807, 2.05) is 19.0 Å². The highest BCUT2D eigenvalue weighted by Gasteiger charge is 2.16. The Morgan fingerprint density at radius 3 is 2.05 bits per heavy atom. The average molecular weight is 309 g/mol. The summed E-state index contributed by atoms with van der Waals surface area (Å²) in [6, 6.07) is 6.13. The fourth-order valence-electron chi connectivity index (χ4n) is 1.32. The summed E-state index contributed by atoms with van der Waals surface area (Å²) in [5.41, 5.74) is 0.841. The van der Waals surface area contributed by atoms with Crippen molar-refractivity contribution >= 4 is 25.9 Å². The number of benzene rings is 1. The molecule has 0 aliphatic carbocycles. The van der Waals surface area contributed by atoms with Gasteiger partial charge in [-0.1, -0.05) is 0 Å². The van der Waals surface area contributed by atoms with Crippen LogP contribution in [0.5, 0.6) is 0 Å². The highest BCUT2D eigenvalue weighted by Crippen LogP contribution is 2.17. The molecule has 0 unspecified atom stereocenters. The molecule has 1 aromatic carbocycles. The second-order valence-electron chi connectivity index (χ2n) is 3.96. The van der Waals surface area contributed by atoms with Crippen molar-refractivity contribution < 1.29 is 25.6 Å². The number of hydrogen-bond donors (Lipinski definition) is 1. The Hall–Kier alpha value is -1.16. The van der Waals surface area contributed by atoms with E-state index in [0.29, 0.717) is 0 Å². The minimum absolute atomic E-state index is 0.0667. The smallest absolute Gasteiger partial charge is 0.378 e. The van der Waals surface area contributed by atoms with Gasteiger partial charge in [0.25, 0.3) is 0 Å². The topological polar surface area (TPSA) is 101 Å². The van der Waals surface area contributed by atoms with Crippen LogP contribution in [0, 0.1) is 0 Å². The quantitative estimate of drug-likeness (QED) is 0.756. The molecule has 7 nitrogen and oxygen atoms in total. The lowest BCUT2D eigenvalue weighted by Crippen LogP contribution is -2.15. The van der Waals surface area contributed by atoms with Crippen molar-refractivity contribution in [2.75, 3.05) is 31.4 Å². The zero-order valence-corrected chi connectivity index (χ0v) is 12.1. The lowest BCUT2D eigenvalue weighted by Gasteiger charge is -2.12. The maximum absolute atomic E-state index is 11.8. The molecule has 0 radical (unpaired) electrons. The second-order valence-corrected chi connectivity index (χ2v) is 7.16. The summed E-state index contributed by atoms with van der Waals surface area (Å²) in [4.78, 5) is 1.88. The molecule has 0 fully saturated rings. The van der Waals surface area contributed by atoms with Crippen molar-refractivity contribution in [2.45, 2.75) is 4.90 Å². The Labute approximate surface area is 112 Å². The van der Waals surface area contributed by atoms with Crippen molar-refractivity contribution in [2.24, 2.45) is 0 Å². The fraction of sp³-hybridized carbons (Fsp3) is 0.400. The molecule has 1 N–H and O–H groups in total. The van der Waals surface area contributed by atoms with Crippen molar-refractivity contribution in [3.05, 3.63) is 24.3 Å². The van der Waals surface area contributed by atoms with E-state index in [1.165, 1.54) is 12.1 Å². The Kier molecular flexibility index (Phi) is 4.91. The van der Waals surface area contributed by atoms with Crippen LogP contribution >= 0.6 is 0 Å². The molecule has 0 aromatic heterocycles. The minimum Gasteiger partial charge on any atom is -0.378 e. The first kappa shape index (κ1) is 15.9. The van der Waals surface area contributed by atoms with E-state index in [0.717, 1.165) is 5.69 Å². The van der Waals surface area contributed by atoms with E-state index in [2.05, 4.69) is 4.18 Å². The molecule has 0 aliphatic rings. The molecule has 0 heterocycles. The van der Waals surface area contributed by atoms with Gasteiger partial charge in [-0.15, -0.1) is 0 Å². The zero-order chi connectivity index (χ0) is 14.7. The fourth-order valence-corrected chi connectivity index (χ4v) is 2.81. The monoisotopic (exact) mass is 309 g/mol. The van der Waals surface area contributed by atoms with Gasteiger partial charge in [0.15, 0.2) is 9.84 Å². The van der Waals surface area contributed by atoms with Crippen LogP contribution in [0.15, 0.2) is 29.2 Å². The maximum atomic E-state index is 11.8. The first-order valence-corrected chi connectivity index (χ1v) is 8.25. The molecule has 9 heteroatoms. The molecule has 0 bridgehead atoms. The van der Waals surface area contributed by atoms with Gasteiger partial charge in [0.2, 0.25) is 0 Å². The number of rotatable bonds is 6. The van der Waals surface area contributed by atoms with Gasteiger partial charge in [-0.05, 0) is 24.3 Å². The van der Waals surface area contributed by atoms with E-state index in [4.69, 9.17) is 4.55 Å². The third-order valence-corrected chi connectivity index (χ3v) is 4.46. The average Bonchev–Trinajstić information content (AvgIpc) is 2.27. The van der Waals surface area contributed by atoms with Crippen molar-refractivity contribution in [1.82, 2.24) is 0 Å². The van der Waals surface area contributed by atoms with Crippen LogP contribution in [0.25, 0.3) is 0 Å². The van der Waals surface area contributed by atoms with Crippen LogP contribution in [-0.4, -0.2) is 47.8 Å². The summed E-state index contributed by atoms with van der Waals surface area (Å²) in [5, 5.41) is 0. The molecule has 0 aliphatic heterocycles. The summed E-state index contributed by atoms with van der Waals surface area (Å²) in [6.45, 7) is -0.628. The summed E-state index contributed by atoms with van der Waals surface area (Å²) in [5.74, 6) is -0.534. The first-order valence-electron chi connectivity index (χ1n) is 5.24. The van der Waals surface area contributed by atoms with Crippen LogP contribution in [0.2, 0.25) is 0 Å². The van der Waals surface area contributed by atoms with E-state index < -0.39 is 32.6 Å². The van der Waals surface area contributed by atoms with E-state index in [1.54, 1.807) is 12.1 Å². The third kappa shape index (κ3) is 5.15. The molecule has 1 rings (SSSR count). The molecule has 19 heavy (non-hydrogen) atoms. The largest absolute Gasteiger partial charge is 0.397 e. The molecular weight excluding hydrogens is 294 g/mol. The summed E-state index contributed by atoms with van der Waals surface area (Å²) >= 11 is 0. The number of anilines is 1. The molecule has 0 spiro atoms. The minimum atomic E-state index is -4.62. The predicted molar refractivity (Wildman–Crippen MR) is 70.3 cm³/mol. The maximum Gasteiger partial charge on any atom is 0.397 e. The Morgan fingerprint density at radius 1 is 1.11 bits per heavy atom. The van der Waals surface area contributed by atoms with Gasteiger partial charge in [0.1, 0.15) is 0 Å². The van der Waals surface area contributed by atoms with Crippen LogP contribution in [0.1, 0.15) is 0 Å². The van der Waals surface area contributed by atoms with Crippen LogP contribution in [0.3, 0.4) is 0 Å². The molecule has 0 saturated carbocycles. The van der Waals surface area contributed by atoms with Crippen LogP contribution < -0.4 is 4.90 Å². The number of nitrogens with zero attached hydrogens (tertiary/aromatic N) is 1. The van der Waals surface area contributed by atoms with E-state index >= 15 is 0 Å². The van der Waals surface area contributed by atoms with Crippen molar-refractivity contribution in [3.8, 4) is 0 Å². The Bertz CT molecular complexity index is 618. The van der Waals surface area contributed by atoms with Crippen molar-refractivity contribution in [3.63, 3.8) is 0 Å². The highest BCUT2D eigenvalue weighted by molar-refractivity contribution is 7.91. The first-order chi connectivity index (χ1) is 8.62. The lowest BCUT2D eigenvalue weighted by atomic mass is 10.3. The summed E-state index contributed by atoms with van der Waals surface area (Å²) in [7, 11) is -4.62. The van der Waals surface area contributed by atoms with Gasteiger partial charge in [-0.25, -0.2) is 12.6 Å². The molecular formula is C10H15NO6S2. The van der Waals surface area contributed by atoms with E-state index in [-0.39, 0.29) is 4.90 Å². The van der Waals surface area contributed by atoms with E-state index in [9.17, 15) is 16.8 Å². The van der Waals surface area contributed by atoms with Gasteiger partial charge in [-0.3, -0.25) is 4.55 Å². The summed E-state index contributed by atoms with van der Waals surface area (Å²) in [6.07, 6.45) is 0. The predicted octanol–water partition coefficient (Wildman–Crippen LogP) is 0.346. The Balaban J connectivity index is 2.77. The van der Waals surface area contributed by atoms with Gasteiger partial charge < -0.3 is 4.90 Å². The molecule has 0 saturated heterocycles.